The maximum atomic E-state index is 12.5. The summed E-state index contributed by atoms with van der Waals surface area (Å²) < 4.78 is 47.9. The molecule has 0 saturated carbocycles. The van der Waals surface area contributed by atoms with E-state index < -0.39 is 19.1 Å². The number of benzene rings is 1. The Balaban J connectivity index is 0.00000169. The molecule has 0 aliphatic heterocycles. The second-order valence-electron chi connectivity index (χ2n) is 2.88. The van der Waals surface area contributed by atoms with E-state index in [0.717, 1.165) is 6.07 Å². The zero-order chi connectivity index (χ0) is 9.90. The summed E-state index contributed by atoms with van der Waals surface area (Å²) in [7, 11) is 0. The molecule has 0 N–H and O–H groups in total. The van der Waals surface area contributed by atoms with Crippen LogP contribution in [-0.2, 0) is 6.42 Å². The number of aryl methyl sites for hydroxylation is 1. The van der Waals surface area contributed by atoms with Crippen LogP contribution >= 0.6 is 0 Å². The summed E-state index contributed by atoms with van der Waals surface area (Å²) in [4.78, 5) is 0. The van der Waals surface area contributed by atoms with Gasteiger partial charge in [0.25, 0.3) is 0 Å². The average molecular weight is 230 g/mol. The molecule has 0 aromatic heterocycles. The van der Waals surface area contributed by atoms with Gasteiger partial charge in [-0.15, -0.1) is 0 Å². The maximum Gasteiger partial charge on any atom is 1.00 e. The molecule has 0 bridgehead atoms. The number of hydrogen-bond acceptors (Lipinski definition) is 0. The summed E-state index contributed by atoms with van der Waals surface area (Å²) in [5.41, 5.74) is 0.388. The third kappa shape index (κ3) is 6.19. The summed E-state index contributed by atoms with van der Waals surface area (Å²) >= 11 is 0. The van der Waals surface area contributed by atoms with Crippen LogP contribution in [0.25, 0.3) is 0 Å². The Morgan fingerprint density at radius 2 is 1.79 bits per heavy atom. The van der Waals surface area contributed by atoms with Gasteiger partial charge >= 0.3 is 58.4 Å². The molecule has 0 nitrogen and oxygen atoms in total. The molecular weight excluding hydrogens is 222 g/mol. The molecule has 72 valence electrons. The smallest absolute Gasteiger partial charge is 0.449 e. The van der Waals surface area contributed by atoms with Crippen molar-refractivity contribution < 1.29 is 68.7 Å². The van der Waals surface area contributed by atoms with E-state index in [1.54, 1.807) is 0 Å². The molecule has 1 aromatic carbocycles. The van der Waals surface area contributed by atoms with Gasteiger partial charge in [-0.05, 0) is 17.7 Å². The molecule has 0 fully saturated rings. The van der Waals surface area contributed by atoms with Crippen molar-refractivity contribution in [2.75, 3.05) is 0 Å². The first-order valence-electron chi connectivity index (χ1n) is 3.93. The van der Waals surface area contributed by atoms with Gasteiger partial charge in [-0.1, -0.05) is 24.9 Å². The third-order valence-corrected chi connectivity index (χ3v) is 1.65. The average Bonchev–Trinajstić information content (AvgIpc) is 2.00. The largest absolute Gasteiger partial charge is 1.00 e. The van der Waals surface area contributed by atoms with E-state index >= 15 is 0 Å². The topological polar surface area (TPSA) is 0 Å². The van der Waals surface area contributed by atoms with E-state index in [1.807, 2.05) is 0 Å². The van der Waals surface area contributed by atoms with Crippen molar-refractivity contribution in [3.63, 3.8) is 0 Å². The van der Waals surface area contributed by atoms with Crippen LogP contribution in [-0.4, -0.2) is 6.98 Å². The Morgan fingerprint density at radius 3 is 2.29 bits per heavy atom. The summed E-state index contributed by atoms with van der Waals surface area (Å²) in [6.45, 7) is -4.76. The van der Waals surface area contributed by atoms with E-state index in [2.05, 4.69) is 0 Å². The first kappa shape index (κ1) is 14.6. The minimum Gasteiger partial charge on any atom is -0.449 e. The van der Waals surface area contributed by atoms with Crippen LogP contribution in [0, 0.1) is 5.82 Å². The second kappa shape index (κ2) is 6.27. The summed E-state index contributed by atoms with van der Waals surface area (Å²) in [5, 5.41) is 0. The van der Waals surface area contributed by atoms with Gasteiger partial charge in [0, 0.05) is 0 Å². The summed E-state index contributed by atoms with van der Waals surface area (Å²) in [5.74, 6) is -0.493. The van der Waals surface area contributed by atoms with Gasteiger partial charge in [-0.2, -0.15) is 0 Å². The first-order valence-corrected chi connectivity index (χ1v) is 3.93. The molecule has 14 heavy (non-hydrogen) atoms. The predicted molar refractivity (Wildman–Crippen MR) is 44.0 cm³/mol. The molecule has 0 spiro atoms. The van der Waals surface area contributed by atoms with Crippen LogP contribution in [0.15, 0.2) is 24.3 Å². The molecule has 1 aromatic rings. The molecule has 0 atom stereocenters. The van der Waals surface area contributed by atoms with Crippen LogP contribution < -0.4 is 51.4 Å². The van der Waals surface area contributed by atoms with Gasteiger partial charge in [0.15, 0.2) is 0 Å². The van der Waals surface area contributed by atoms with Gasteiger partial charge < -0.3 is 12.9 Å². The zero-order valence-electron chi connectivity index (χ0n) is 7.81. The Bertz CT molecular complexity index is 287. The molecular formula is C8H8BF4K. The summed E-state index contributed by atoms with van der Waals surface area (Å²) in [6.07, 6.45) is -0.981. The van der Waals surface area contributed by atoms with Crippen molar-refractivity contribution in [3.05, 3.63) is 35.6 Å². The van der Waals surface area contributed by atoms with Gasteiger partial charge in [-0.25, -0.2) is 4.39 Å². The molecule has 0 saturated heterocycles. The zero-order valence-corrected chi connectivity index (χ0v) is 10.9. The van der Waals surface area contributed by atoms with Gasteiger partial charge in [0.05, 0.1) is 0 Å². The van der Waals surface area contributed by atoms with Gasteiger partial charge in [-0.3, -0.25) is 0 Å². The molecule has 0 amide bonds. The summed E-state index contributed by atoms with van der Waals surface area (Å²) in [6, 6.07) is 5.24. The van der Waals surface area contributed by atoms with Crippen LogP contribution in [0.5, 0.6) is 0 Å². The second-order valence-corrected chi connectivity index (χ2v) is 2.88. The van der Waals surface area contributed by atoms with Crippen molar-refractivity contribution in [2.45, 2.75) is 12.7 Å². The van der Waals surface area contributed by atoms with Crippen molar-refractivity contribution in [3.8, 4) is 0 Å². The Labute approximate surface area is 123 Å². The molecule has 6 heteroatoms. The van der Waals surface area contributed by atoms with Gasteiger partial charge in [0.1, 0.15) is 5.82 Å². The van der Waals surface area contributed by atoms with Crippen LogP contribution in [0.4, 0.5) is 17.3 Å². The number of hydrogen-bond donors (Lipinski definition) is 0. The Morgan fingerprint density at radius 1 is 1.14 bits per heavy atom. The van der Waals surface area contributed by atoms with E-state index in [-0.39, 0.29) is 57.8 Å². The monoisotopic (exact) mass is 230 g/mol. The molecule has 1 rings (SSSR count). The minimum atomic E-state index is -4.76. The minimum absolute atomic E-state index is 0. The van der Waals surface area contributed by atoms with E-state index in [0.29, 0.717) is 5.56 Å². The van der Waals surface area contributed by atoms with Crippen molar-refractivity contribution in [2.24, 2.45) is 0 Å². The fourth-order valence-corrected chi connectivity index (χ4v) is 1.02. The SMILES string of the molecule is Fc1cccc(CC[B-](F)(F)F)c1.[K+]. The Hall–Kier alpha value is 0.641. The van der Waals surface area contributed by atoms with E-state index in [9.17, 15) is 17.3 Å². The molecule has 0 radical (unpaired) electrons. The first-order chi connectivity index (χ1) is 5.97. The van der Waals surface area contributed by atoms with E-state index in [4.69, 9.17) is 0 Å². The number of rotatable bonds is 3. The molecule has 0 unspecified atom stereocenters. The fraction of sp³-hybridized carbons (Fsp3) is 0.250. The molecule has 0 heterocycles. The molecule has 0 aliphatic rings. The van der Waals surface area contributed by atoms with Crippen molar-refractivity contribution in [1.82, 2.24) is 0 Å². The molecule has 0 aliphatic carbocycles. The predicted octanol–water partition coefficient (Wildman–Crippen LogP) is 0.220. The van der Waals surface area contributed by atoms with Crippen LogP contribution in [0.1, 0.15) is 5.56 Å². The van der Waals surface area contributed by atoms with Crippen molar-refractivity contribution in [1.29, 1.82) is 0 Å². The Kier molecular flexibility index (Phi) is 6.56. The van der Waals surface area contributed by atoms with Gasteiger partial charge in [0.2, 0.25) is 0 Å². The number of halogens is 4. The van der Waals surface area contributed by atoms with Crippen molar-refractivity contribution >= 4 is 6.98 Å². The third-order valence-electron chi connectivity index (χ3n) is 1.65. The maximum absolute atomic E-state index is 12.5. The fourth-order valence-electron chi connectivity index (χ4n) is 1.02. The quantitative estimate of drug-likeness (QED) is 0.514. The van der Waals surface area contributed by atoms with Crippen LogP contribution in [0.3, 0.4) is 0 Å². The normalized spacial score (nSPS) is 10.9. The van der Waals surface area contributed by atoms with E-state index in [1.165, 1.54) is 18.2 Å². The standard InChI is InChI=1S/C8H8BF4.K/c10-8-3-1-2-7(6-8)4-5-9(11,12)13;/h1-3,6H,4-5H2;/q-1;+1. The van der Waals surface area contributed by atoms with Crippen LogP contribution in [0.2, 0.25) is 6.32 Å².